The van der Waals surface area contributed by atoms with Crippen molar-refractivity contribution < 1.29 is 4.79 Å². The van der Waals surface area contributed by atoms with E-state index in [0.29, 0.717) is 18.2 Å². The number of rotatable bonds is 2. The van der Waals surface area contributed by atoms with Crippen LogP contribution in [0.3, 0.4) is 0 Å². The largest absolute Gasteiger partial charge is 0.337 e. The Hall–Kier alpha value is -2.63. The maximum Gasteiger partial charge on any atom is 0.275 e. The fourth-order valence-electron chi connectivity index (χ4n) is 3.23. The number of likely N-dealkylation sites (tertiary alicyclic amines) is 1. The van der Waals surface area contributed by atoms with Crippen LogP contribution in [-0.4, -0.2) is 44.3 Å². The molecule has 1 atom stereocenters. The second kappa shape index (κ2) is 4.98. The second-order valence-corrected chi connectivity index (χ2v) is 5.82. The first-order valence-electron chi connectivity index (χ1n) is 7.46. The maximum atomic E-state index is 12.7. The zero-order valence-corrected chi connectivity index (χ0v) is 12.3. The highest BCUT2D eigenvalue weighted by Crippen LogP contribution is 2.29. The number of nitrogens with one attached hydrogen (secondary N) is 2. The Morgan fingerprint density at radius 2 is 2.18 bits per heavy atom. The van der Waals surface area contributed by atoms with Gasteiger partial charge in [-0.2, -0.15) is 10.2 Å². The van der Waals surface area contributed by atoms with Crippen molar-refractivity contribution in [1.82, 2.24) is 25.3 Å². The van der Waals surface area contributed by atoms with E-state index in [1.54, 1.807) is 0 Å². The van der Waals surface area contributed by atoms with Crippen LogP contribution in [0.4, 0.5) is 0 Å². The SMILES string of the molecule is Cc1cn[nH]c1C1CCN(C(=O)c2n[nH]c3ccccc23)C1. The Morgan fingerprint density at radius 1 is 1.32 bits per heavy atom. The summed E-state index contributed by atoms with van der Waals surface area (Å²) in [6.45, 7) is 3.51. The van der Waals surface area contributed by atoms with Crippen molar-refractivity contribution in [3.05, 3.63) is 47.4 Å². The van der Waals surface area contributed by atoms with E-state index >= 15 is 0 Å². The summed E-state index contributed by atoms with van der Waals surface area (Å²) < 4.78 is 0. The molecule has 1 aromatic carbocycles. The van der Waals surface area contributed by atoms with Crippen molar-refractivity contribution in [3.63, 3.8) is 0 Å². The van der Waals surface area contributed by atoms with Crippen LogP contribution < -0.4 is 0 Å². The van der Waals surface area contributed by atoms with E-state index in [4.69, 9.17) is 0 Å². The number of hydrogen-bond acceptors (Lipinski definition) is 3. The first-order chi connectivity index (χ1) is 10.7. The van der Waals surface area contributed by atoms with Gasteiger partial charge in [0.25, 0.3) is 5.91 Å². The van der Waals surface area contributed by atoms with Gasteiger partial charge in [0.2, 0.25) is 0 Å². The number of aryl methyl sites for hydroxylation is 1. The topological polar surface area (TPSA) is 77.7 Å². The van der Waals surface area contributed by atoms with Gasteiger partial charge in [0.1, 0.15) is 0 Å². The molecule has 6 heteroatoms. The van der Waals surface area contributed by atoms with Crippen LogP contribution in [0, 0.1) is 6.92 Å². The average molecular weight is 295 g/mol. The molecule has 1 aliphatic heterocycles. The summed E-state index contributed by atoms with van der Waals surface area (Å²) in [6.07, 6.45) is 2.79. The molecule has 1 amide bonds. The Bertz CT molecular complexity index is 834. The number of amides is 1. The summed E-state index contributed by atoms with van der Waals surface area (Å²) in [5, 5.41) is 15.2. The molecule has 1 fully saturated rings. The van der Waals surface area contributed by atoms with Crippen LogP contribution >= 0.6 is 0 Å². The lowest BCUT2D eigenvalue weighted by atomic mass is 10.0. The van der Waals surface area contributed by atoms with Gasteiger partial charge in [-0.25, -0.2) is 0 Å². The van der Waals surface area contributed by atoms with Gasteiger partial charge in [0.15, 0.2) is 5.69 Å². The summed E-state index contributed by atoms with van der Waals surface area (Å²) >= 11 is 0. The van der Waals surface area contributed by atoms with Crippen molar-refractivity contribution in [2.45, 2.75) is 19.3 Å². The molecular formula is C16H17N5O. The Balaban J connectivity index is 1.58. The Labute approximate surface area is 127 Å². The third-order valence-electron chi connectivity index (χ3n) is 4.42. The highest BCUT2D eigenvalue weighted by atomic mass is 16.2. The fraction of sp³-hybridized carbons (Fsp3) is 0.312. The molecule has 0 spiro atoms. The number of fused-ring (bicyclic) bond motifs is 1. The van der Waals surface area contributed by atoms with Crippen LogP contribution in [0.1, 0.15) is 34.1 Å². The molecule has 1 aliphatic rings. The molecule has 6 nitrogen and oxygen atoms in total. The number of nitrogens with zero attached hydrogens (tertiary/aromatic N) is 3. The number of para-hydroxylation sites is 1. The van der Waals surface area contributed by atoms with Crippen LogP contribution in [-0.2, 0) is 0 Å². The van der Waals surface area contributed by atoms with E-state index < -0.39 is 0 Å². The van der Waals surface area contributed by atoms with Gasteiger partial charge in [-0.05, 0) is 25.0 Å². The third kappa shape index (κ3) is 1.99. The normalized spacial score (nSPS) is 18.2. The summed E-state index contributed by atoms with van der Waals surface area (Å²) in [4.78, 5) is 14.6. The van der Waals surface area contributed by atoms with E-state index in [1.807, 2.05) is 42.3 Å². The lowest BCUT2D eigenvalue weighted by Gasteiger charge is -2.15. The minimum Gasteiger partial charge on any atom is -0.337 e. The van der Waals surface area contributed by atoms with Crippen molar-refractivity contribution >= 4 is 16.8 Å². The monoisotopic (exact) mass is 295 g/mol. The summed E-state index contributed by atoms with van der Waals surface area (Å²) in [5.41, 5.74) is 3.70. The van der Waals surface area contributed by atoms with Crippen molar-refractivity contribution in [1.29, 1.82) is 0 Å². The first-order valence-corrected chi connectivity index (χ1v) is 7.46. The van der Waals surface area contributed by atoms with Crippen LogP contribution in [0.2, 0.25) is 0 Å². The predicted molar refractivity (Wildman–Crippen MR) is 82.7 cm³/mol. The molecule has 22 heavy (non-hydrogen) atoms. The lowest BCUT2D eigenvalue weighted by molar-refractivity contribution is 0.0786. The van der Waals surface area contributed by atoms with E-state index in [0.717, 1.165) is 35.1 Å². The van der Waals surface area contributed by atoms with E-state index in [1.165, 1.54) is 0 Å². The van der Waals surface area contributed by atoms with Gasteiger partial charge in [-0.3, -0.25) is 15.0 Å². The van der Waals surface area contributed by atoms with Crippen LogP contribution in [0.25, 0.3) is 10.9 Å². The molecule has 2 N–H and O–H groups in total. The summed E-state index contributed by atoms with van der Waals surface area (Å²) in [7, 11) is 0. The third-order valence-corrected chi connectivity index (χ3v) is 4.42. The van der Waals surface area contributed by atoms with Crippen molar-refractivity contribution in [2.24, 2.45) is 0 Å². The molecule has 3 aromatic rings. The first kappa shape index (κ1) is 13.1. The number of carbonyl (C=O) groups excluding carboxylic acids is 1. The van der Waals surface area contributed by atoms with Gasteiger partial charge in [0, 0.05) is 30.1 Å². The van der Waals surface area contributed by atoms with Crippen molar-refractivity contribution in [2.75, 3.05) is 13.1 Å². The quantitative estimate of drug-likeness (QED) is 0.761. The molecule has 1 saturated heterocycles. The zero-order valence-electron chi connectivity index (χ0n) is 12.3. The van der Waals surface area contributed by atoms with Gasteiger partial charge in [-0.1, -0.05) is 18.2 Å². The molecule has 3 heterocycles. The zero-order chi connectivity index (χ0) is 15.1. The Morgan fingerprint density at radius 3 is 3.00 bits per heavy atom. The molecular weight excluding hydrogens is 278 g/mol. The van der Waals surface area contributed by atoms with E-state index in [9.17, 15) is 4.79 Å². The van der Waals surface area contributed by atoms with Gasteiger partial charge >= 0.3 is 0 Å². The number of H-pyrrole nitrogens is 2. The molecule has 0 bridgehead atoms. The highest BCUT2D eigenvalue weighted by Gasteiger charge is 2.31. The standard InChI is InChI=1S/C16H17N5O/c1-10-8-17-19-14(10)11-6-7-21(9-11)16(22)15-12-4-2-3-5-13(12)18-20-15/h2-5,8,11H,6-7,9H2,1H3,(H,17,19)(H,18,20). The fourth-order valence-corrected chi connectivity index (χ4v) is 3.23. The summed E-state index contributed by atoms with van der Waals surface area (Å²) in [5.74, 6) is 0.328. The number of benzene rings is 1. The maximum absolute atomic E-state index is 12.7. The van der Waals surface area contributed by atoms with Gasteiger partial charge in [-0.15, -0.1) is 0 Å². The molecule has 1 unspecified atom stereocenters. The number of aromatic nitrogens is 4. The summed E-state index contributed by atoms with van der Waals surface area (Å²) in [6, 6.07) is 7.72. The number of aromatic amines is 2. The molecule has 0 aliphatic carbocycles. The smallest absolute Gasteiger partial charge is 0.275 e. The van der Waals surface area contributed by atoms with Crippen molar-refractivity contribution in [3.8, 4) is 0 Å². The minimum atomic E-state index is -0.00267. The second-order valence-electron chi connectivity index (χ2n) is 5.82. The lowest BCUT2D eigenvalue weighted by Crippen LogP contribution is -2.29. The molecule has 112 valence electrons. The highest BCUT2D eigenvalue weighted by molar-refractivity contribution is 6.04. The number of carbonyl (C=O) groups is 1. The number of hydrogen-bond donors (Lipinski definition) is 2. The molecule has 0 radical (unpaired) electrons. The Kier molecular flexibility index (Phi) is 2.96. The van der Waals surface area contributed by atoms with E-state index in [2.05, 4.69) is 20.4 Å². The minimum absolute atomic E-state index is 0.00267. The van der Waals surface area contributed by atoms with Gasteiger partial charge < -0.3 is 4.90 Å². The average Bonchev–Trinajstić information content (AvgIpc) is 3.25. The van der Waals surface area contributed by atoms with E-state index in [-0.39, 0.29) is 5.91 Å². The predicted octanol–water partition coefficient (Wildman–Crippen LogP) is 2.22. The van der Waals surface area contributed by atoms with Gasteiger partial charge in [0.05, 0.1) is 11.7 Å². The van der Waals surface area contributed by atoms with Crippen LogP contribution in [0.5, 0.6) is 0 Å². The molecule has 4 rings (SSSR count). The van der Waals surface area contributed by atoms with Crippen LogP contribution in [0.15, 0.2) is 30.5 Å². The molecule has 0 saturated carbocycles. The molecule has 2 aromatic heterocycles.